The van der Waals surface area contributed by atoms with E-state index < -0.39 is 6.09 Å². The van der Waals surface area contributed by atoms with E-state index in [4.69, 9.17) is 14.2 Å². The maximum absolute atomic E-state index is 13.5. The maximum atomic E-state index is 13.5. The van der Waals surface area contributed by atoms with Gasteiger partial charge in [0.05, 0.1) is 26.0 Å². The first-order chi connectivity index (χ1) is 22.0. The number of amides is 2. The molecule has 0 atom stereocenters. The molecule has 9 heteroatoms. The monoisotopic (exact) mass is 610 g/mol. The lowest BCUT2D eigenvalue weighted by atomic mass is 10.00. The highest BCUT2D eigenvalue weighted by Gasteiger charge is 2.25. The molecule has 0 saturated carbocycles. The molecule has 6 rings (SSSR count). The minimum absolute atomic E-state index is 0.181. The minimum Gasteiger partial charge on any atom is -0.452 e. The number of benzene rings is 3. The Kier molecular flexibility index (Phi) is 9.78. The Morgan fingerprint density at radius 2 is 1.58 bits per heavy atom. The van der Waals surface area contributed by atoms with Crippen LogP contribution in [0.15, 0.2) is 72.3 Å². The Hall–Kier alpha value is -4.18. The predicted molar refractivity (Wildman–Crippen MR) is 178 cm³/mol. The average Bonchev–Trinajstić information content (AvgIpc) is 3.29. The van der Waals surface area contributed by atoms with Crippen LogP contribution in [-0.4, -0.2) is 83.2 Å². The second-order valence-corrected chi connectivity index (χ2v) is 11.9. The third-order valence-electron chi connectivity index (χ3n) is 8.97. The van der Waals surface area contributed by atoms with Crippen molar-refractivity contribution in [3.8, 4) is 11.1 Å². The van der Waals surface area contributed by atoms with Crippen LogP contribution in [0.1, 0.15) is 30.4 Å². The summed E-state index contributed by atoms with van der Waals surface area (Å²) in [4.78, 5) is 32.6. The summed E-state index contributed by atoms with van der Waals surface area (Å²) in [5.74, 6) is -0.181. The van der Waals surface area contributed by atoms with Gasteiger partial charge in [-0.3, -0.25) is 14.6 Å². The number of ether oxygens (including phenoxy) is 3. The van der Waals surface area contributed by atoms with Gasteiger partial charge in [0.25, 0.3) is 5.91 Å². The fourth-order valence-electron chi connectivity index (χ4n) is 6.32. The molecular weight excluding hydrogens is 568 g/mol. The number of rotatable bonds is 7. The highest BCUT2D eigenvalue weighted by atomic mass is 16.5. The van der Waals surface area contributed by atoms with Gasteiger partial charge < -0.3 is 24.4 Å². The first-order valence-corrected chi connectivity index (χ1v) is 15.8. The number of hydrogen-bond acceptors (Lipinski definition) is 7. The van der Waals surface area contributed by atoms with E-state index in [-0.39, 0.29) is 5.91 Å². The molecule has 0 aromatic heterocycles. The molecule has 3 heterocycles. The lowest BCUT2D eigenvalue weighted by Gasteiger charge is -2.31. The molecule has 1 N–H and O–H groups in total. The van der Waals surface area contributed by atoms with Gasteiger partial charge in [0.1, 0.15) is 0 Å². The Balaban J connectivity index is 1.19. The molecule has 3 aliphatic rings. The van der Waals surface area contributed by atoms with E-state index in [9.17, 15) is 9.59 Å². The summed E-state index contributed by atoms with van der Waals surface area (Å²) in [7, 11) is 3.54. The summed E-state index contributed by atoms with van der Waals surface area (Å²) >= 11 is 0. The van der Waals surface area contributed by atoms with Crippen molar-refractivity contribution in [1.29, 1.82) is 0 Å². The van der Waals surface area contributed by atoms with Crippen LogP contribution in [0.4, 0.5) is 21.9 Å². The van der Waals surface area contributed by atoms with Gasteiger partial charge in [-0.1, -0.05) is 30.3 Å². The number of carbonyl (C=O) groups excluding carboxylic acids is 2. The first kappa shape index (κ1) is 30.8. The fraction of sp³-hybridized carbons (Fsp3) is 0.389. The van der Waals surface area contributed by atoms with Crippen LogP contribution in [0.25, 0.3) is 17.2 Å². The minimum atomic E-state index is -0.449. The van der Waals surface area contributed by atoms with Crippen molar-refractivity contribution in [2.24, 2.45) is 0 Å². The molecule has 2 saturated heterocycles. The second kappa shape index (κ2) is 14.3. The maximum Gasteiger partial charge on any atom is 0.414 e. The first-order valence-electron chi connectivity index (χ1n) is 15.8. The molecular formula is C36H42N4O5. The number of anilines is 3. The molecule has 3 aromatic rings. The molecule has 0 aliphatic carbocycles. The van der Waals surface area contributed by atoms with Gasteiger partial charge in [-0.2, -0.15) is 0 Å². The number of nitrogens with one attached hydrogen (secondary N) is 1. The van der Waals surface area contributed by atoms with E-state index in [1.807, 2.05) is 36.4 Å². The standard InChI is InChI=1S/C36H42N4O5/c1-38(32-14-19-44-20-15-32)25-26-3-8-31(9-4-26)37-35(41)29-13-16-40(36(42)43-2)34-12-7-28(23-30(34)24-29)27-5-10-33(11-6-27)39-17-21-45-22-18-39/h3-12,23-24,32H,13-22,25H2,1-2H3,(H,37,41). The average molecular weight is 611 g/mol. The normalized spacial score (nSPS) is 17.4. The summed E-state index contributed by atoms with van der Waals surface area (Å²) in [6.45, 7) is 6.08. The summed E-state index contributed by atoms with van der Waals surface area (Å²) in [5, 5.41) is 3.07. The van der Waals surface area contributed by atoms with Crippen molar-refractivity contribution in [2.75, 3.05) is 75.3 Å². The Labute approximate surface area is 265 Å². The van der Waals surface area contributed by atoms with E-state index >= 15 is 0 Å². The van der Waals surface area contributed by atoms with Crippen LogP contribution in [0.2, 0.25) is 0 Å². The summed E-state index contributed by atoms with van der Waals surface area (Å²) in [6, 6.07) is 23.1. The van der Waals surface area contributed by atoms with Crippen molar-refractivity contribution in [1.82, 2.24) is 4.90 Å². The predicted octanol–water partition coefficient (Wildman–Crippen LogP) is 5.80. The lowest BCUT2D eigenvalue weighted by molar-refractivity contribution is -0.112. The summed E-state index contributed by atoms with van der Waals surface area (Å²) in [5.41, 5.74) is 7.29. The smallest absolute Gasteiger partial charge is 0.414 e. The molecule has 3 aromatic carbocycles. The second-order valence-electron chi connectivity index (χ2n) is 11.9. The van der Waals surface area contributed by atoms with Gasteiger partial charge >= 0.3 is 6.09 Å². The number of methoxy groups -OCH3 is 1. The Bertz CT molecular complexity index is 1510. The molecule has 2 amide bonds. The molecule has 0 spiro atoms. The van der Waals surface area contributed by atoms with Gasteiger partial charge in [-0.05, 0) is 91.0 Å². The van der Waals surface area contributed by atoms with Crippen molar-refractivity contribution in [3.63, 3.8) is 0 Å². The number of nitrogens with zero attached hydrogens (tertiary/aromatic N) is 3. The molecule has 45 heavy (non-hydrogen) atoms. The van der Waals surface area contributed by atoms with Gasteiger partial charge in [0.2, 0.25) is 0 Å². The van der Waals surface area contributed by atoms with Gasteiger partial charge in [-0.25, -0.2) is 4.79 Å². The van der Waals surface area contributed by atoms with Crippen LogP contribution >= 0.6 is 0 Å². The quantitative estimate of drug-likeness (QED) is 0.362. The number of carbonyl (C=O) groups is 2. The largest absolute Gasteiger partial charge is 0.452 e. The topological polar surface area (TPSA) is 83.6 Å². The zero-order valence-electron chi connectivity index (χ0n) is 26.2. The zero-order chi connectivity index (χ0) is 31.2. The van der Waals surface area contributed by atoms with E-state index in [1.165, 1.54) is 18.4 Å². The van der Waals surface area contributed by atoms with Crippen LogP contribution in [0.5, 0.6) is 0 Å². The summed E-state index contributed by atoms with van der Waals surface area (Å²) < 4.78 is 16.1. The third kappa shape index (κ3) is 7.39. The number of fused-ring (bicyclic) bond motifs is 1. The van der Waals surface area contributed by atoms with E-state index in [0.717, 1.165) is 87.0 Å². The Morgan fingerprint density at radius 1 is 0.889 bits per heavy atom. The van der Waals surface area contributed by atoms with Crippen molar-refractivity contribution in [2.45, 2.75) is 31.8 Å². The molecule has 236 valence electrons. The molecule has 9 nitrogen and oxygen atoms in total. The van der Waals surface area contributed by atoms with Crippen LogP contribution < -0.4 is 15.1 Å². The fourth-order valence-corrected chi connectivity index (χ4v) is 6.32. The zero-order valence-corrected chi connectivity index (χ0v) is 26.2. The van der Waals surface area contributed by atoms with Crippen LogP contribution in [0, 0.1) is 0 Å². The van der Waals surface area contributed by atoms with E-state index in [2.05, 4.69) is 58.6 Å². The van der Waals surface area contributed by atoms with Crippen LogP contribution in [-0.2, 0) is 25.5 Å². The molecule has 2 fully saturated rings. The SMILES string of the molecule is COC(=O)N1CCC(C(=O)Nc2ccc(CN(C)C3CCOCC3)cc2)=Cc2cc(-c3ccc(N4CCOCC4)cc3)ccc21. The van der Waals surface area contributed by atoms with Crippen molar-refractivity contribution >= 4 is 35.1 Å². The molecule has 0 radical (unpaired) electrons. The van der Waals surface area contributed by atoms with Gasteiger partial charge in [0.15, 0.2) is 0 Å². The number of hydrogen-bond donors (Lipinski definition) is 1. The Morgan fingerprint density at radius 3 is 2.29 bits per heavy atom. The molecule has 0 bridgehead atoms. The highest BCUT2D eigenvalue weighted by Crippen LogP contribution is 2.34. The van der Waals surface area contributed by atoms with Gasteiger partial charge in [0, 0.05) is 62.4 Å². The molecule has 0 unspecified atom stereocenters. The number of morpholine rings is 1. The van der Waals surface area contributed by atoms with Crippen LogP contribution in [0.3, 0.4) is 0 Å². The van der Waals surface area contributed by atoms with Crippen molar-refractivity contribution in [3.05, 3.63) is 83.4 Å². The van der Waals surface area contributed by atoms with E-state index in [1.54, 1.807) is 4.90 Å². The van der Waals surface area contributed by atoms with E-state index in [0.29, 0.717) is 24.6 Å². The lowest BCUT2D eigenvalue weighted by Crippen LogP contribution is -2.36. The van der Waals surface area contributed by atoms with Gasteiger partial charge in [-0.15, -0.1) is 0 Å². The van der Waals surface area contributed by atoms with Crippen molar-refractivity contribution < 1.29 is 23.8 Å². The summed E-state index contributed by atoms with van der Waals surface area (Å²) in [6.07, 6.45) is 3.96. The third-order valence-corrected chi connectivity index (χ3v) is 8.97. The molecule has 3 aliphatic heterocycles. The highest BCUT2D eigenvalue weighted by molar-refractivity contribution is 6.08.